The lowest BCUT2D eigenvalue weighted by atomic mass is 10.1. The van der Waals surface area contributed by atoms with Crippen LogP contribution in [0.15, 0.2) is 35.4 Å². The molecule has 0 aliphatic rings. The Bertz CT molecular complexity index is 681. The first-order valence-electron chi connectivity index (χ1n) is 6.64. The summed E-state index contributed by atoms with van der Waals surface area (Å²) in [7, 11) is 0. The number of nitrogens with two attached hydrogens (primary N) is 1. The van der Waals surface area contributed by atoms with E-state index in [4.69, 9.17) is 5.73 Å². The van der Waals surface area contributed by atoms with Gasteiger partial charge in [0.15, 0.2) is 0 Å². The summed E-state index contributed by atoms with van der Waals surface area (Å²) in [5.41, 5.74) is 8.93. The fraction of sp³-hybridized carbons (Fsp3) is 0.235. The highest BCUT2D eigenvalue weighted by atomic mass is 32.2. The third-order valence-electron chi connectivity index (χ3n) is 2.82. The minimum Gasteiger partial charge on any atom is -0.320 e. The third-order valence-corrected chi connectivity index (χ3v) is 3.80. The summed E-state index contributed by atoms with van der Waals surface area (Å²) >= 11 is 1.63. The molecule has 0 fully saturated rings. The largest absolute Gasteiger partial charge is 0.320 e. The average molecular weight is 300 g/mol. The molecule has 0 unspecified atom stereocenters. The molecule has 0 bridgehead atoms. The highest BCUT2D eigenvalue weighted by Crippen LogP contribution is 2.23. The zero-order chi connectivity index (χ0) is 15.2. The van der Waals surface area contributed by atoms with Crippen LogP contribution in [-0.4, -0.2) is 11.5 Å². The van der Waals surface area contributed by atoms with Crippen LogP contribution in [0.5, 0.6) is 0 Å². The Labute approximate surface area is 129 Å². The summed E-state index contributed by atoms with van der Waals surface area (Å²) in [6.07, 6.45) is 0. The molecule has 1 heterocycles. The fourth-order valence-electron chi connectivity index (χ4n) is 1.94. The van der Waals surface area contributed by atoms with Gasteiger partial charge in [-0.1, -0.05) is 17.9 Å². The lowest BCUT2D eigenvalue weighted by Gasteiger charge is -2.05. The van der Waals surface area contributed by atoms with Gasteiger partial charge in [-0.25, -0.2) is 9.37 Å². The lowest BCUT2D eigenvalue weighted by Crippen LogP contribution is -1.94. The first-order valence-corrected chi connectivity index (χ1v) is 7.62. The molecule has 2 rings (SSSR count). The van der Waals surface area contributed by atoms with Crippen LogP contribution >= 0.6 is 11.8 Å². The van der Waals surface area contributed by atoms with E-state index in [0.29, 0.717) is 5.56 Å². The van der Waals surface area contributed by atoms with Gasteiger partial charge in [0, 0.05) is 11.4 Å². The van der Waals surface area contributed by atoms with Crippen LogP contribution in [-0.2, 0) is 5.75 Å². The first-order chi connectivity index (χ1) is 10.1. The fourth-order valence-corrected chi connectivity index (χ4v) is 2.91. The van der Waals surface area contributed by atoms with Gasteiger partial charge in [0.25, 0.3) is 0 Å². The van der Waals surface area contributed by atoms with Crippen molar-refractivity contribution in [1.82, 2.24) is 4.98 Å². The molecule has 0 saturated carbocycles. The van der Waals surface area contributed by atoms with E-state index >= 15 is 0 Å². The molecule has 4 heteroatoms. The minimum atomic E-state index is -0.311. The number of halogens is 1. The van der Waals surface area contributed by atoms with Crippen molar-refractivity contribution in [3.05, 3.63) is 58.5 Å². The molecule has 0 radical (unpaired) electrons. The number of pyridine rings is 1. The molecule has 0 amide bonds. The average Bonchev–Trinajstić information content (AvgIpc) is 2.44. The standard InChI is InChI=1S/C17H17FN2S/c1-12-8-13(2)20-17(9-12)21-11-14-5-6-16(18)15(10-14)4-3-7-19/h5-6,8-10H,7,11,19H2,1-2H3. The third kappa shape index (κ3) is 4.59. The van der Waals surface area contributed by atoms with Gasteiger partial charge >= 0.3 is 0 Å². The van der Waals surface area contributed by atoms with Crippen LogP contribution in [0.25, 0.3) is 0 Å². The summed E-state index contributed by atoms with van der Waals surface area (Å²) in [6, 6.07) is 9.09. The molecule has 21 heavy (non-hydrogen) atoms. The molecule has 0 atom stereocenters. The Morgan fingerprint density at radius 3 is 2.76 bits per heavy atom. The number of nitrogens with zero attached hydrogens (tertiary/aromatic N) is 1. The number of rotatable bonds is 3. The maximum absolute atomic E-state index is 13.6. The molecule has 1 aromatic carbocycles. The van der Waals surface area contributed by atoms with Crippen molar-refractivity contribution in [2.24, 2.45) is 5.73 Å². The first kappa shape index (κ1) is 15.6. The van der Waals surface area contributed by atoms with E-state index in [0.717, 1.165) is 22.0 Å². The normalized spacial score (nSPS) is 10.1. The van der Waals surface area contributed by atoms with Gasteiger partial charge in [-0.3, -0.25) is 0 Å². The number of benzene rings is 1. The van der Waals surface area contributed by atoms with E-state index < -0.39 is 0 Å². The second-order valence-electron chi connectivity index (χ2n) is 4.73. The summed E-state index contributed by atoms with van der Waals surface area (Å²) in [5, 5.41) is 0.978. The van der Waals surface area contributed by atoms with Crippen LogP contribution < -0.4 is 5.73 Å². The Morgan fingerprint density at radius 1 is 1.24 bits per heavy atom. The van der Waals surface area contributed by atoms with Crippen molar-refractivity contribution in [2.45, 2.75) is 24.6 Å². The number of thioether (sulfide) groups is 1. The highest BCUT2D eigenvalue weighted by molar-refractivity contribution is 7.98. The topological polar surface area (TPSA) is 38.9 Å². The van der Waals surface area contributed by atoms with E-state index in [9.17, 15) is 4.39 Å². The van der Waals surface area contributed by atoms with Crippen molar-refractivity contribution in [3.8, 4) is 11.8 Å². The molecule has 0 aliphatic carbocycles. The SMILES string of the molecule is Cc1cc(C)nc(SCc2ccc(F)c(C#CCN)c2)c1. The summed E-state index contributed by atoms with van der Waals surface area (Å²) in [6.45, 7) is 4.26. The second-order valence-corrected chi connectivity index (χ2v) is 5.73. The monoisotopic (exact) mass is 300 g/mol. The van der Waals surface area contributed by atoms with E-state index in [2.05, 4.69) is 29.8 Å². The minimum absolute atomic E-state index is 0.227. The number of aromatic nitrogens is 1. The summed E-state index contributed by atoms with van der Waals surface area (Å²) < 4.78 is 13.6. The molecule has 2 nitrogen and oxygen atoms in total. The van der Waals surface area contributed by atoms with Gasteiger partial charge < -0.3 is 5.73 Å². The zero-order valence-electron chi connectivity index (χ0n) is 12.1. The van der Waals surface area contributed by atoms with Crippen molar-refractivity contribution >= 4 is 11.8 Å². The number of hydrogen-bond acceptors (Lipinski definition) is 3. The predicted octanol–water partition coefficient (Wildman–Crippen LogP) is 3.44. The van der Waals surface area contributed by atoms with Gasteiger partial charge in [0.1, 0.15) is 5.82 Å². The molecular formula is C17H17FN2S. The highest BCUT2D eigenvalue weighted by Gasteiger charge is 2.04. The molecule has 0 aliphatic heterocycles. The predicted molar refractivity (Wildman–Crippen MR) is 85.6 cm³/mol. The quantitative estimate of drug-likeness (QED) is 0.697. The smallest absolute Gasteiger partial charge is 0.138 e. The molecule has 0 saturated heterocycles. The molecule has 1 aromatic heterocycles. The molecule has 2 aromatic rings. The molecule has 108 valence electrons. The maximum Gasteiger partial charge on any atom is 0.138 e. The number of aryl methyl sites for hydroxylation is 2. The van der Waals surface area contributed by atoms with Crippen LogP contribution in [0.2, 0.25) is 0 Å². The maximum atomic E-state index is 13.6. The molecular weight excluding hydrogens is 283 g/mol. The van der Waals surface area contributed by atoms with E-state index in [1.165, 1.54) is 11.6 Å². The van der Waals surface area contributed by atoms with Crippen LogP contribution in [0.4, 0.5) is 4.39 Å². The van der Waals surface area contributed by atoms with Crippen molar-refractivity contribution in [1.29, 1.82) is 0 Å². The zero-order valence-corrected chi connectivity index (χ0v) is 12.9. The van der Waals surface area contributed by atoms with Crippen LogP contribution in [0.3, 0.4) is 0 Å². The Balaban J connectivity index is 2.13. The van der Waals surface area contributed by atoms with Gasteiger partial charge in [-0.2, -0.15) is 0 Å². The van der Waals surface area contributed by atoms with E-state index in [1.54, 1.807) is 23.9 Å². The van der Waals surface area contributed by atoms with E-state index in [1.807, 2.05) is 13.0 Å². The van der Waals surface area contributed by atoms with Gasteiger partial charge in [0.05, 0.1) is 17.1 Å². The van der Waals surface area contributed by atoms with Gasteiger partial charge in [-0.15, -0.1) is 11.8 Å². The van der Waals surface area contributed by atoms with Gasteiger partial charge in [-0.05, 0) is 49.2 Å². The van der Waals surface area contributed by atoms with Gasteiger partial charge in [0.2, 0.25) is 0 Å². The van der Waals surface area contributed by atoms with Crippen molar-refractivity contribution in [3.63, 3.8) is 0 Å². The van der Waals surface area contributed by atoms with E-state index in [-0.39, 0.29) is 12.4 Å². The summed E-state index contributed by atoms with van der Waals surface area (Å²) in [4.78, 5) is 4.48. The lowest BCUT2D eigenvalue weighted by molar-refractivity contribution is 0.624. The Morgan fingerprint density at radius 2 is 2.05 bits per heavy atom. The second kappa shape index (κ2) is 7.26. The molecule has 0 spiro atoms. The number of hydrogen-bond donors (Lipinski definition) is 1. The Hall–Kier alpha value is -1.83. The van der Waals surface area contributed by atoms with Crippen molar-refractivity contribution < 1.29 is 4.39 Å². The van der Waals surface area contributed by atoms with Crippen LogP contribution in [0, 0.1) is 31.5 Å². The Kier molecular flexibility index (Phi) is 5.38. The van der Waals surface area contributed by atoms with Crippen molar-refractivity contribution in [2.75, 3.05) is 6.54 Å². The molecule has 2 N–H and O–H groups in total. The summed E-state index contributed by atoms with van der Waals surface area (Å²) in [5.74, 6) is 5.85. The van der Waals surface area contributed by atoms with Crippen LogP contribution in [0.1, 0.15) is 22.4 Å².